The van der Waals surface area contributed by atoms with Gasteiger partial charge in [-0.25, -0.2) is 8.42 Å². The first-order valence-corrected chi connectivity index (χ1v) is 6.10. The fourth-order valence-corrected chi connectivity index (χ4v) is 1.34. The topological polar surface area (TPSA) is 109 Å². The van der Waals surface area contributed by atoms with E-state index in [9.17, 15) is 16.8 Å². The summed E-state index contributed by atoms with van der Waals surface area (Å²) in [6, 6.07) is 0. The Hall–Kier alpha value is 0.170. The molecule has 0 aromatic rings. The first-order valence-electron chi connectivity index (χ1n) is 1.37. The van der Waals surface area contributed by atoms with E-state index in [1.807, 2.05) is 0 Å². The maximum Gasteiger partial charge on any atom is 0.358 e. The molecule has 0 heterocycles. The van der Waals surface area contributed by atoms with Crippen LogP contribution in [-0.2, 0) is 28.1 Å². The molecule has 0 bridgehead atoms. The monoisotopic (exact) mass is 194 g/mol. The fraction of sp³-hybridized carbons (Fsp3) is 0. The Labute approximate surface area is 54.6 Å². The van der Waals surface area contributed by atoms with E-state index in [1.54, 1.807) is 0 Å². The van der Waals surface area contributed by atoms with Crippen molar-refractivity contribution in [1.29, 1.82) is 0 Å². The molecule has 0 aromatic carbocycles. The van der Waals surface area contributed by atoms with Crippen molar-refractivity contribution in [1.82, 2.24) is 0 Å². The molecular formula is H2O6S3. The minimum Gasteiger partial charge on any atom is -0.293 e. The zero-order valence-electron chi connectivity index (χ0n) is 3.75. The molecule has 9 heavy (non-hydrogen) atoms. The molecule has 0 spiro atoms. The third kappa shape index (κ3) is 2.10. The second kappa shape index (κ2) is 2.84. The lowest BCUT2D eigenvalue weighted by atomic mass is 15.9. The summed E-state index contributed by atoms with van der Waals surface area (Å²) in [6.45, 7) is 0. The van der Waals surface area contributed by atoms with Gasteiger partial charge in [-0.15, -0.1) is 0 Å². The van der Waals surface area contributed by atoms with Crippen LogP contribution >= 0.6 is 0 Å². The van der Waals surface area contributed by atoms with Crippen molar-refractivity contribution >= 4 is 28.1 Å². The molecular weight excluding hydrogens is 192 g/mol. The maximum atomic E-state index is 9.93. The molecule has 2 atom stereocenters. The van der Waals surface area contributed by atoms with Gasteiger partial charge in [0.25, 0.3) is 20.2 Å². The zero-order chi connectivity index (χ0) is 7.65. The molecule has 0 amide bonds. The maximum absolute atomic E-state index is 9.93. The normalized spacial score (nSPS) is 18.9. The Morgan fingerprint density at radius 1 is 1.00 bits per heavy atom. The van der Waals surface area contributed by atoms with Gasteiger partial charge in [0.15, 0.2) is 0 Å². The van der Waals surface area contributed by atoms with E-state index in [2.05, 4.69) is 0 Å². The van der Waals surface area contributed by atoms with Crippen LogP contribution in [0.2, 0.25) is 0 Å². The molecule has 0 saturated heterocycles. The van der Waals surface area contributed by atoms with Crippen LogP contribution < -0.4 is 0 Å². The third-order valence-corrected chi connectivity index (χ3v) is 5.24. The zero-order valence-corrected chi connectivity index (χ0v) is 6.20. The molecule has 0 saturated carbocycles. The SMILES string of the molecule is O=S(O)S(=O)(=O)S(=O)O. The van der Waals surface area contributed by atoms with E-state index in [1.165, 1.54) is 0 Å². The van der Waals surface area contributed by atoms with E-state index >= 15 is 0 Å². The first kappa shape index (κ1) is 9.17. The summed E-state index contributed by atoms with van der Waals surface area (Å²) in [5, 5.41) is 0. The van der Waals surface area contributed by atoms with E-state index in [-0.39, 0.29) is 0 Å². The third-order valence-electron chi connectivity index (χ3n) is 0.349. The Bertz CT molecular complexity index is 211. The van der Waals surface area contributed by atoms with Crippen molar-refractivity contribution < 1.29 is 25.9 Å². The average Bonchev–Trinajstić information content (AvgIpc) is 1.65. The quantitative estimate of drug-likeness (QED) is 0.416. The molecule has 2 unspecified atom stereocenters. The summed E-state index contributed by atoms with van der Waals surface area (Å²) in [5.41, 5.74) is 0. The van der Waals surface area contributed by atoms with Gasteiger partial charge in [0.1, 0.15) is 0 Å². The van der Waals surface area contributed by atoms with Gasteiger partial charge in [0, 0.05) is 0 Å². The van der Waals surface area contributed by atoms with Gasteiger partial charge in [0.2, 0.25) is 0 Å². The van der Waals surface area contributed by atoms with E-state index in [0.717, 1.165) is 0 Å². The van der Waals surface area contributed by atoms with Crippen LogP contribution in [0.5, 0.6) is 0 Å². The van der Waals surface area contributed by atoms with Crippen molar-refractivity contribution in [3.63, 3.8) is 0 Å². The first-order chi connectivity index (χ1) is 3.89. The van der Waals surface area contributed by atoms with E-state index < -0.39 is 28.1 Å². The molecule has 0 aromatic heterocycles. The molecule has 0 aliphatic heterocycles. The van der Waals surface area contributed by atoms with Gasteiger partial charge in [-0.2, -0.15) is 8.42 Å². The lowest BCUT2D eigenvalue weighted by molar-refractivity contribution is 0.555. The molecule has 0 aliphatic carbocycles. The van der Waals surface area contributed by atoms with E-state index in [0.29, 0.717) is 0 Å². The number of rotatable bonds is 2. The number of hydrogen-bond donors (Lipinski definition) is 2. The highest BCUT2D eigenvalue weighted by Crippen LogP contribution is 1.97. The summed E-state index contributed by atoms with van der Waals surface area (Å²) in [6.07, 6.45) is 0. The Morgan fingerprint density at radius 2 is 1.22 bits per heavy atom. The van der Waals surface area contributed by atoms with Crippen LogP contribution in [-0.4, -0.2) is 25.9 Å². The predicted octanol–water partition coefficient (Wildman–Crippen LogP) is -1.33. The molecule has 56 valence electrons. The van der Waals surface area contributed by atoms with Gasteiger partial charge in [-0.1, -0.05) is 0 Å². The van der Waals surface area contributed by atoms with Crippen LogP contribution in [0, 0.1) is 0 Å². The van der Waals surface area contributed by atoms with Gasteiger partial charge in [-0.05, 0) is 0 Å². The summed E-state index contributed by atoms with van der Waals surface area (Å²) < 4.78 is 54.7. The fourth-order valence-electron chi connectivity index (χ4n) is 0.0498. The van der Waals surface area contributed by atoms with Crippen LogP contribution in [0.4, 0.5) is 0 Å². The minimum atomic E-state index is -4.76. The summed E-state index contributed by atoms with van der Waals surface area (Å²) in [4.78, 5) is 0. The Morgan fingerprint density at radius 3 is 1.22 bits per heavy atom. The summed E-state index contributed by atoms with van der Waals surface area (Å²) in [5.74, 6) is 0. The van der Waals surface area contributed by atoms with Crippen molar-refractivity contribution in [3.8, 4) is 0 Å². The van der Waals surface area contributed by atoms with Crippen molar-refractivity contribution in [2.24, 2.45) is 0 Å². The molecule has 6 nitrogen and oxygen atoms in total. The molecule has 0 aliphatic rings. The summed E-state index contributed by atoms with van der Waals surface area (Å²) >= 11 is 0. The summed E-state index contributed by atoms with van der Waals surface area (Å²) in [7, 11) is -11.3. The highest BCUT2D eigenvalue weighted by molar-refractivity contribution is 8.93. The largest absolute Gasteiger partial charge is 0.358 e. The van der Waals surface area contributed by atoms with Crippen molar-refractivity contribution in [2.45, 2.75) is 0 Å². The standard InChI is InChI=1S/H2O6S3/c1-7(2)9(5,6)8(3)4/h(H,1,2)(H,3,4). The molecule has 9 heteroatoms. The average molecular weight is 194 g/mol. The second-order valence-corrected chi connectivity index (χ2v) is 7.50. The van der Waals surface area contributed by atoms with Crippen molar-refractivity contribution in [2.75, 3.05) is 0 Å². The van der Waals surface area contributed by atoms with Crippen molar-refractivity contribution in [3.05, 3.63) is 0 Å². The second-order valence-electron chi connectivity index (χ2n) is 0.842. The lowest BCUT2D eigenvalue weighted by Crippen LogP contribution is -2.12. The van der Waals surface area contributed by atoms with Gasteiger partial charge < -0.3 is 0 Å². The molecule has 0 rings (SSSR count). The minimum absolute atomic E-state index is 3.28. The highest BCUT2D eigenvalue weighted by Gasteiger charge is 2.25. The van der Waals surface area contributed by atoms with Crippen LogP contribution in [0.25, 0.3) is 0 Å². The Balaban J connectivity index is 4.87. The highest BCUT2D eigenvalue weighted by atomic mass is 33.6. The predicted molar refractivity (Wildman–Crippen MR) is 30.5 cm³/mol. The Kier molecular flexibility index (Phi) is 2.89. The van der Waals surface area contributed by atoms with Gasteiger partial charge in [-0.3, -0.25) is 9.11 Å². The molecule has 0 fully saturated rings. The van der Waals surface area contributed by atoms with Gasteiger partial charge in [0.05, 0.1) is 0 Å². The van der Waals surface area contributed by atoms with Gasteiger partial charge >= 0.3 is 7.90 Å². The molecule has 0 radical (unpaired) electrons. The molecule has 2 N–H and O–H groups in total. The van der Waals surface area contributed by atoms with Crippen LogP contribution in [0.3, 0.4) is 0 Å². The van der Waals surface area contributed by atoms with Crippen LogP contribution in [0.15, 0.2) is 0 Å². The lowest BCUT2D eigenvalue weighted by Gasteiger charge is -1.87. The van der Waals surface area contributed by atoms with E-state index in [4.69, 9.17) is 9.11 Å². The number of hydrogen-bond acceptors (Lipinski definition) is 4. The smallest absolute Gasteiger partial charge is 0.293 e. The van der Waals surface area contributed by atoms with Crippen LogP contribution in [0.1, 0.15) is 0 Å².